The summed E-state index contributed by atoms with van der Waals surface area (Å²) in [6.07, 6.45) is 6.49. The minimum absolute atomic E-state index is 0.0499. The molecule has 2 aliphatic carbocycles. The van der Waals surface area contributed by atoms with Crippen molar-refractivity contribution < 1.29 is 9.59 Å². The Morgan fingerprint density at radius 3 is 2.27 bits per heavy atom. The van der Waals surface area contributed by atoms with Crippen molar-refractivity contribution in [2.45, 2.75) is 44.6 Å². The molecule has 1 aromatic carbocycles. The van der Waals surface area contributed by atoms with Crippen molar-refractivity contribution in [3.63, 3.8) is 0 Å². The monoisotopic (exact) mass is 364 g/mol. The number of nitrogens with one attached hydrogen (secondary N) is 2. The van der Waals surface area contributed by atoms with E-state index in [-0.39, 0.29) is 23.7 Å². The first-order chi connectivity index (χ1) is 10.6. The Balaban J connectivity index is 1.47. The van der Waals surface area contributed by atoms with E-state index in [2.05, 4.69) is 26.6 Å². The predicted molar refractivity (Wildman–Crippen MR) is 89.4 cm³/mol. The van der Waals surface area contributed by atoms with Crippen molar-refractivity contribution in [3.8, 4) is 0 Å². The van der Waals surface area contributed by atoms with Crippen molar-refractivity contribution in [1.82, 2.24) is 5.32 Å². The van der Waals surface area contributed by atoms with Crippen LogP contribution in [-0.2, 0) is 9.59 Å². The lowest BCUT2D eigenvalue weighted by molar-refractivity contribution is -0.126. The van der Waals surface area contributed by atoms with Crippen LogP contribution in [0.5, 0.6) is 0 Å². The molecule has 2 atom stereocenters. The van der Waals surface area contributed by atoms with E-state index in [9.17, 15) is 9.59 Å². The fourth-order valence-electron chi connectivity index (χ4n) is 3.10. The maximum Gasteiger partial charge on any atom is 0.228 e. The van der Waals surface area contributed by atoms with Gasteiger partial charge in [0, 0.05) is 16.2 Å². The Kier molecular flexibility index (Phi) is 4.81. The van der Waals surface area contributed by atoms with E-state index in [1.807, 2.05) is 24.3 Å². The molecule has 3 rings (SSSR count). The van der Waals surface area contributed by atoms with Gasteiger partial charge < -0.3 is 10.6 Å². The molecular formula is C17H21BrN2O2. The summed E-state index contributed by atoms with van der Waals surface area (Å²) in [7, 11) is 0. The summed E-state index contributed by atoms with van der Waals surface area (Å²) in [4.78, 5) is 24.4. The lowest BCUT2D eigenvalue weighted by Crippen LogP contribution is -2.37. The predicted octanol–water partition coefficient (Wildman–Crippen LogP) is 3.47. The van der Waals surface area contributed by atoms with Crippen LogP contribution in [0.2, 0.25) is 0 Å². The van der Waals surface area contributed by atoms with E-state index >= 15 is 0 Å². The fraction of sp³-hybridized carbons (Fsp3) is 0.529. The molecule has 0 aromatic heterocycles. The van der Waals surface area contributed by atoms with Gasteiger partial charge >= 0.3 is 0 Å². The second-order valence-corrected chi connectivity index (χ2v) is 7.20. The number of carbonyl (C=O) groups excluding carboxylic acids is 2. The number of rotatable bonds is 4. The Morgan fingerprint density at radius 2 is 1.59 bits per heavy atom. The highest BCUT2D eigenvalue weighted by Gasteiger charge is 2.48. The lowest BCUT2D eigenvalue weighted by atomic mass is 9.95. The maximum absolute atomic E-state index is 12.2. The van der Waals surface area contributed by atoms with Gasteiger partial charge in [0.2, 0.25) is 11.8 Å². The first-order valence-electron chi connectivity index (χ1n) is 8.00. The summed E-state index contributed by atoms with van der Waals surface area (Å²) in [6, 6.07) is 7.78. The molecule has 2 fully saturated rings. The molecular weight excluding hydrogens is 344 g/mol. The zero-order valence-corrected chi connectivity index (χ0v) is 14.1. The van der Waals surface area contributed by atoms with Crippen LogP contribution >= 0.6 is 15.9 Å². The van der Waals surface area contributed by atoms with E-state index < -0.39 is 0 Å². The van der Waals surface area contributed by atoms with E-state index in [0.717, 1.165) is 23.0 Å². The van der Waals surface area contributed by atoms with Crippen LogP contribution in [0.1, 0.15) is 38.5 Å². The Hall–Kier alpha value is -1.36. The molecule has 5 heteroatoms. The van der Waals surface area contributed by atoms with Gasteiger partial charge in [0.25, 0.3) is 0 Å². The minimum atomic E-state index is -0.174. The molecule has 4 nitrogen and oxygen atoms in total. The van der Waals surface area contributed by atoms with E-state index in [1.165, 1.54) is 19.3 Å². The third-order valence-corrected chi connectivity index (χ3v) is 5.06. The summed E-state index contributed by atoms with van der Waals surface area (Å²) in [5.41, 5.74) is 0.770. The zero-order valence-electron chi connectivity index (χ0n) is 12.5. The van der Waals surface area contributed by atoms with E-state index in [0.29, 0.717) is 12.5 Å². The van der Waals surface area contributed by atoms with Gasteiger partial charge in [-0.2, -0.15) is 0 Å². The largest absolute Gasteiger partial charge is 0.353 e. The van der Waals surface area contributed by atoms with E-state index in [4.69, 9.17) is 0 Å². The van der Waals surface area contributed by atoms with Gasteiger partial charge in [-0.1, -0.05) is 35.2 Å². The normalized spacial score (nSPS) is 24.6. The quantitative estimate of drug-likeness (QED) is 0.859. The summed E-state index contributed by atoms with van der Waals surface area (Å²) in [6.45, 7) is 0. The number of benzene rings is 1. The standard InChI is InChI=1S/C17H21BrN2O2/c18-11-6-8-13(9-7-11)20-17(22)15-10-14(15)16(21)19-12-4-2-1-3-5-12/h6-9,12,14-15H,1-5,10H2,(H,19,21)(H,20,22). The molecule has 118 valence electrons. The second-order valence-electron chi connectivity index (χ2n) is 6.29. The maximum atomic E-state index is 12.2. The zero-order chi connectivity index (χ0) is 15.5. The van der Waals surface area contributed by atoms with Crippen LogP contribution in [-0.4, -0.2) is 17.9 Å². The van der Waals surface area contributed by atoms with Gasteiger partial charge in [-0.15, -0.1) is 0 Å². The Morgan fingerprint density at radius 1 is 0.955 bits per heavy atom. The van der Waals surface area contributed by atoms with Gasteiger partial charge in [0.05, 0.1) is 11.8 Å². The van der Waals surface area contributed by atoms with Crippen LogP contribution in [0.3, 0.4) is 0 Å². The van der Waals surface area contributed by atoms with Gasteiger partial charge in [-0.25, -0.2) is 0 Å². The molecule has 0 spiro atoms. The summed E-state index contributed by atoms with van der Waals surface area (Å²) < 4.78 is 0.974. The van der Waals surface area contributed by atoms with Crippen LogP contribution in [0.4, 0.5) is 5.69 Å². The van der Waals surface area contributed by atoms with Crippen LogP contribution in [0, 0.1) is 11.8 Å². The Bertz CT molecular complexity index is 552. The van der Waals surface area contributed by atoms with Crippen molar-refractivity contribution in [3.05, 3.63) is 28.7 Å². The molecule has 2 unspecified atom stereocenters. The van der Waals surface area contributed by atoms with Crippen molar-refractivity contribution in [2.24, 2.45) is 11.8 Å². The molecule has 2 N–H and O–H groups in total. The number of carbonyl (C=O) groups is 2. The molecule has 22 heavy (non-hydrogen) atoms. The smallest absolute Gasteiger partial charge is 0.228 e. The fourth-order valence-corrected chi connectivity index (χ4v) is 3.36. The number of halogens is 1. The third-order valence-electron chi connectivity index (χ3n) is 4.53. The molecule has 0 saturated heterocycles. The number of hydrogen-bond donors (Lipinski definition) is 2. The minimum Gasteiger partial charge on any atom is -0.353 e. The van der Waals surface area contributed by atoms with Crippen LogP contribution < -0.4 is 10.6 Å². The molecule has 2 amide bonds. The number of hydrogen-bond acceptors (Lipinski definition) is 2. The summed E-state index contributed by atoms with van der Waals surface area (Å²) in [5, 5.41) is 5.99. The van der Waals surface area contributed by atoms with Gasteiger partial charge in [-0.05, 0) is 43.5 Å². The van der Waals surface area contributed by atoms with E-state index in [1.54, 1.807) is 0 Å². The topological polar surface area (TPSA) is 58.2 Å². The van der Waals surface area contributed by atoms with Crippen molar-refractivity contribution in [2.75, 3.05) is 5.32 Å². The highest BCUT2D eigenvalue weighted by atomic mass is 79.9. The first-order valence-corrected chi connectivity index (χ1v) is 8.79. The molecule has 0 radical (unpaired) electrons. The summed E-state index contributed by atoms with van der Waals surface area (Å²) >= 11 is 3.36. The lowest BCUT2D eigenvalue weighted by Gasteiger charge is -2.22. The molecule has 1 aromatic rings. The van der Waals surface area contributed by atoms with Gasteiger partial charge in [0.15, 0.2) is 0 Å². The molecule has 0 heterocycles. The van der Waals surface area contributed by atoms with Crippen molar-refractivity contribution in [1.29, 1.82) is 0 Å². The first kappa shape index (κ1) is 15.5. The second kappa shape index (κ2) is 6.82. The van der Waals surface area contributed by atoms with Crippen LogP contribution in [0.25, 0.3) is 0 Å². The number of amides is 2. The van der Waals surface area contributed by atoms with Gasteiger partial charge in [-0.3, -0.25) is 9.59 Å². The number of anilines is 1. The van der Waals surface area contributed by atoms with Crippen molar-refractivity contribution >= 4 is 33.4 Å². The SMILES string of the molecule is O=C(Nc1ccc(Br)cc1)C1CC1C(=O)NC1CCCCC1. The average molecular weight is 365 g/mol. The van der Waals surface area contributed by atoms with Gasteiger partial charge in [0.1, 0.15) is 0 Å². The molecule has 0 aliphatic heterocycles. The van der Waals surface area contributed by atoms with Crippen LogP contribution in [0.15, 0.2) is 28.7 Å². The Labute approximate surface area is 139 Å². The highest BCUT2D eigenvalue weighted by molar-refractivity contribution is 9.10. The molecule has 0 bridgehead atoms. The molecule has 2 saturated carbocycles. The highest BCUT2D eigenvalue weighted by Crippen LogP contribution is 2.40. The summed E-state index contributed by atoms with van der Waals surface area (Å²) in [5.74, 6) is -0.307. The third kappa shape index (κ3) is 3.88. The molecule has 2 aliphatic rings. The average Bonchev–Trinajstić information content (AvgIpc) is 3.31.